The summed E-state index contributed by atoms with van der Waals surface area (Å²) >= 11 is 7.27. The molecule has 2 N–H and O–H groups in total. The van der Waals surface area contributed by atoms with Crippen molar-refractivity contribution < 1.29 is 9.59 Å². The van der Waals surface area contributed by atoms with Gasteiger partial charge in [0, 0.05) is 30.6 Å². The molecule has 0 radical (unpaired) electrons. The first-order valence-corrected chi connectivity index (χ1v) is 13.8. The molecular formula is C27H31ClN4O3S. The minimum absolute atomic E-state index is 0.0405. The number of nitrogens with zero attached hydrogens (tertiary/aromatic N) is 2. The average molecular weight is 527 g/mol. The molecular weight excluding hydrogens is 496 g/mol. The van der Waals surface area contributed by atoms with Crippen molar-refractivity contribution in [2.75, 3.05) is 5.75 Å². The molecule has 1 fully saturated rings. The number of aromatic nitrogens is 2. The van der Waals surface area contributed by atoms with Crippen molar-refractivity contribution in [3.8, 4) is 0 Å². The van der Waals surface area contributed by atoms with Gasteiger partial charge in [-0.05, 0) is 49.1 Å². The van der Waals surface area contributed by atoms with Crippen LogP contribution in [0.25, 0.3) is 10.9 Å². The number of nitrogens with one attached hydrogen (secondary N) is 2. The van der Waals surface area contributed by atoms with Crippen molar-refractivity contribution in [1.82, 2.24) is 20.2 Å². The number of para-hydroxylation sites is 1. The van der Waals surface area contributed by atoms with E-state index in [9.17, 15) is 14.4 Å². The lowest BCUT2D eigenvalue weighted by Crippen LogP contribution is -2.37. The van der Waals surface area contributed by atoms with Crippen molar-refractivity contribution in [3.05, 3.63) is 69.5 Å². The van der Waals surface area contributed by atoms with E-state index in [0.29, 0.717) is 40.6 Å². The summed E-state index contributed by atoms with van der Waals surface area (Å²) in [5.41, 5.74) is 1.37. The molecule has 0 unspecified atom stereocenters. The Bertz CT molecular complexity index is 1270. The number of hydrogen-bond donors (Lipinski definition) is 2. The molecule has 1 saturated carbocycles. The predicted molar refractivity (Wildman–Crippen MR) is 144 cm³/mol. The van der Waals surface area contributed by atoms with Crippen LogP contribution in [0.2, 0.25) is 5.02 Å². The third kappa shape index (κ3) is 7.34. The van der Waals surface area contributed by atoms with E-state index >= 15 is 0 Å². The molecule has 0 aliphatic heterocycles. The van der Waals surface area contributed by atoms with Crippen LogP contribution in [0.1, 0.15) is 50.5 Å². The van der Waals surface area contributed by atoms with Crippen molar-refractivity contribution in [2.24, 2.45) is 0 Å². The summed E-state index contributed by atoms with van der Waals surface area (Å²) in [5, 5.41) is 7.66. The fourth-order valence-electron chi connectivity index (χ4n) is 4.44. The van der Waals surface area contributed by atoms with Crippen LogP contribution in [0.15, 0.2) is 58.5 Å². The van der Waals surface area contributed by atoms with Gasteiger partial charge in [-0.1, -0.05) is 66.9 Å². The lowest BCUT2D eigenvalue weighted by molar-refractivity contribution is -0.121. The van der Waals surface area contributed by atoms with Crippen LogP contribution < -0.4 is 16.2 Å². The maximum absolute atomic E-state index is 13.2. The van der Waals surface area contributed by atoms with Gasteiger partial charge in [-0.15, -0.1) is 0 Å². The molecule has 2 amide bonds. The normalized spacial score (nSPS) is 14.0. The molecule has 1 aliphatic carbocycles. The number of halogens is 1. The van der Waals surface area contributed by atoms with Gasteiger partial charge >= 0.3 is 0 Å². The van der Waals surface area contributed by atoms with Crippen molar-refractivity contribution >= 4 is 46.1 Å². The Morgan fingerprint density at radius 3 is 2.67 bits per heavy atom. The summed E-state index contributed by atoms with van der Waals surface area (Å²) in [6.07, 6.45) is 6.32. The highest BCUT2D eigenvalue weighted by molar-refractivity contribution is 7.99. The van der Waals surface area contributed by atoms with Gasteiger partial charge in [0.2, 0.25) is 11.8 Å². The largest absolute Gasteiger partial charge is 0.353 e. The highest BCUT2D eigenvalue weighted by atomic mass is 35.5. The fourth-order valence-corrected chi connectivity index (χ4v) is 5.48. The zero-order chi connectivity index (χ0) is 25.3. The first-order valence-electron chi connectivity index (χ1n) is 12.4. The molecule has 3 aromatic rings. The van der Waals surface area contributed by atoms with Crippen LogP contribution in [0, 0.1) is 0 Å². The monoisotopic (exact) mass is 526 g/mol. The van der Waals surface area contributed by atoms with E-state index in [1.165, 1.54) is 18.2 Å². The molecule has 0 bridgehead atoms. The Morgan fingerprint density at radius 1 is 1.06 bits per heavy atom. The Kier molecular flexibility index (Phi) is 9.41. The van der Waals surface area contributed by atoms with E-state index in [1.807, 2.05) is 30.3 Å². The SMILES string of the molecule is O=C(CCCn1c(SCC(=O)NC2CCCCC2)nc2ccccc2c1=O)NCc1cccc(Cl)c1. The summed E-state index contributed by atoms with van der Waals surface area (Å²) in [6, 6.07) is 14.8. The smallest absolute Gasteiger partial charge is 0.262 e. The summed E-state index contributed by atoms with van der Waals surface area (Å²) in [4.78, 5) is 42.8. The van der Waals surface area contributed by atoms with Crippen LogP contribution in [-0.2, 0) is 22.7 Å². The Morgan fingerprint density at radius 2 is 1.86 bits per heavy atom. The van der Waals surface area contributed by atoms with Gasteiger partial charge < -0.3 is 10.6 Å². The summed E-state index contributed by atoms with van der Waals surface area (Å²) in [6.45, 7) is 0.738. The summed E-state index contributed by atoms with van der Waals surface area (Å²) < 4.78 is 1.59. The molecule has 0 spiro atoms. The maximum atomic E-state index is 13.2. The lowest BCUT2D eigenvalue weighted by atomic mass is 9.95. The van der Waals surface area contributed by atoms with E-state index in [1.54, 1.807) is 22.8 Å². The second-order valence-corrected chi connectivity index (χ2v) is 10.4. The maximum Gasteiger partial charge on any atom is 0.262 e. The molecule has 0 atom stereocenters. The predicted octanol–water partition coefficient (Wildman–Crippen LogP) is 4.69. The minimum atomic E-state index is -0.157. The molecule has 36 heavy (non-hydrogen) atoms. The van der Waals surface area contributed by atoms with E-state index in [0.717, 1.165) is 31.2 Å². The molecule has 9 heteroatoms. The highest BCUT2D eigenvalue weighted by Crippen LogP contribution is 2.20. The molecule has 1 heterocycles. The molecule has 1 aromatic heterocycles. The van der Waals surface area contributed by atoms with Crippen LogP contribution in [0.3, 0.4) is 0 Å². The molecule has 7 nitrogen and oxygen atoms in total. The number of carbonyl (C=O) groups excluding carboxylic acids is 2. The summed E-state index contributed by atoms with van der Waals surface area (Å²) in [7, 11) is 0. The topological polar surface area (TPSA) is 93.1 Å². The van der Waals surface area contributed by atoms with E-state index in [2.05, 4.69) is 15.6 Å². The van der Waals surface area contributed by atoms with Crippen molar-refractivity contribution in [2.45, 2.75) is 69.2 Å². The number of fused-ring (bicyclic) bond motifs is 1. The molecule has 190 valence electrons. The first kappa shape index (κ1) is 26.2. The van der Waals surface area contributed by atoms with Crippen LogP contribution in [0.4, 0.5) is 0 Å². The second-order valence-electron chi connectivity index (χ2n) is 9.07. The number of rotatable bonds is 10. The third-order valence-corrected chi connectivity index (χ3v) is 7.51. The fraction of sp³-hybridized carbons (Fsp3) is 0.407. The third-order valence-electron chi connectivity index (χ3n) is 6.29. The highest BCUT2D eigenvalue weighted by Gasteiger charge is 2.18. The number of hydrogen-bond acceptors (Lipinski definition) is 5. The zero-order valence-corrected chi connectivity index (χ0v) is 21.7. The number of carbonyl (C=O) groups is 2. The van der Waals surface area contributed by atoms with Gasteiger partial charge in [-0.25, -0.2) is 4.98 Å². The van der Waals surface area contributed by atoms with Gasteiger partial charge in [-0.2, -0.15) is 0 Å². The van der Waals surface area contributed by atoms with Gasteiger partial charge in [0.05, 0.1) is 16.7 Å². The van der Waals surface area contributed by atoms with Crippen molar-refractivity contribution in [3.63, 3.8) is 0 Å². The van der Waals surface area contributed by atoms with Crippen LogP contribution in [0.5, 0.6) is 0 Å². The van der Waals surface area contributed by atoms with Crippen LogP contribution in [-0.4, -0.2) is 33.2 Å². The van der Waals surface area contributed by atoms with E-state index < -0.39 is 0 Å². The zero-order valence-electron chi connectivity index (χ0n) is 20.2. The molecule has 0 saturated heterocycles. The van der Waals surface area contributed by atoms with Crippen LogP contribution >= 0.6 is 23.4 Å². The van der Waals surface area contributed by atoms with Crippen molar-refractivity contribution in [1.29, 1.82) is 0 Å². The Hall–Kier alpha value is -2.84. The van der Waals surface area contributed by atoms with Gasteiger partial charge in [-0.3, -0.25) is 19.0 Å². The quantitative estimate of drug-likeness (QED) is 0.295. The standard InChI is InChI=1S/C27H31ClN4O3S/c28-20-9-6-8-19(16-20)17-29-24(33)14-7-15-32-26(35)22-12-4-5-13-23(22)31-27(32)36-18-25(34)30-21-10-2-1-3-11-21/h4-6,8-9,12-13,16,21H,1-3,7,10-11,14-15,17-18H2,(H,29,33)(H,30,34). The molecule has 1 aliphatic rings. The average Bonchev–Trinajstić information content (AvgIpc) is 2.88. The molecule has 4 rings (SSSR count). The second kappa shape index (κ2) is 12.9. The Labute approximate surface area is 220 Å². The summed E-state index contributed by atoms with van der Waals surface area (Å²) in [5.74, 6) is 0.0561. The number of amides is 2. The van der Waals surface area contributed by atoms with Gasteiger partial charge in [0.25, 0.3) is 5.56 Å². The van der Waals surface area contributed by atoms with E-state index in [-0.39, 0.29) is 35.6 Å². The van der Waals surface area contributed by atoms with Gasteiger partial charge in [0.15, 0.2) is 5.16 Å². The number of benzene rings is 2. The Balaban J connectivity index is 1.37. The number of thioether (sulfide) groups is 1. The van der Waals surface area contributed by atoms with E-state index in [4.69, 9.17) is 11.6 Å². The first-order chi connectivity index (χ1) is 17.5. The lowest BCUT2D eigenvalue weighted by Gasteiger charge is -2.22. The van der Waals surface area contributed by atoms with Gasteiger partial charge in [0.1, 0.15) is 0 Å². The minimum Gasteiger partial charge on any atom is -0.353 e. The molecule has 2 aromatic carbocycles.